The quantitative estimate of drug-likeness (QED) is 0.0997. The number of benzene rings is 4. The van der Waals surface area contributed by atoms with Crippen molar-refractivity contribution in [2.24, 2.45) is 0 Å². The highest BCUT2D eigenvalue weighted by molar-refractivity contribution is 6.30. The van der Waals surface area contributed by atoms with Crippen molar-refractivity contribution in [3.05, 3.63) is 104 Å². The predicted molar refractivity (Wildman–Crippen MR) is 162 cm³/mol. The van der Waals surface area contributed by atoms with Crippen LogP contribution < -0.4 is 9.47 Å². The van der Waals surface area contributed by atoms with Crippen molar-refractivity contribution >= 4 is 29.8 Å². The Morgan fingerprint density at radius 2 is 1.37 bits per heavy atom. The van der Waals surface area contributed by atoms with E-state index in [2.05, 4.69) is 0 Å². The number of esters is 1. The van der Waals surface area contributed by atoms with Gasteiger partial charge in [-0.15, -0.1) is 0 Å². The molecule has 0 atom stereocenters. The van der Waals surface area contributed by atoms with Gasteiger partial charge < -0.3 is 35.0 Å². The number of aldehydes is 1. The Morgan fingerprint density at radius 3 is 1.98 bits per heavy atom. The van der Waals surface area contributed by atoms with Crippen molar-refractivity contribution < 1.29 is 59.0 Å². The molecule has 0 fully saturated rings. The van der Waals surface area contributed by atoms with E-state index in [9.17, 15) is 49.5 Å². The highest BCUT2D eigenvalue weighted by Gasteiger charge is 2.34. The fraction of sp³-hybridized carbons (Fsp3) is 0.147. The molecule has 4 aromatic carbocycles. The van der Waals surface area contributed by atoms with Crippen LogP contribution in [0.1, 0.15) is 85.2 Å². The van der Waals surface area contributed by atoms with Crippen LogP contribution in [0.2, 0.25) is 0 Å². The molecular formula is C34H28O12. The van der Waals surface area contributed by atoms with Gasteiger partial charge in [0.25, 0.3) is 0 Å². The summed E-state index contributed by atoms with van der Waals surface area (Å²) in [6, 6.07) is 10.1. The van der Waals surface area contributed by atoms with Gasteiger partial charge in [-0.25, -0.2) is 9.59 Å². The topological polar surface area (TPSA) is 205 Å². The number of aromatic carboxylic acids is 1. The second kappa shape index (κ2) is 12.4. The van der Waals surface area contributed by atoms with Crippen molar-refractivity contribution in [1.82, 2.24) is 0 Å². The van der Waals surface area contributed by atoms with Crippen molar-refractivity contribution in [2.45, 2.75) is 27.7 Å². The van der Waals surface area contributed by atoms with E-state index in [4.69, 9.17) is 9.47 Å². The number of phenolic OH excluding ortho intramolecular Hbond substituents is 3. The van der Waals surface area contributed by atoms with Gasteiger partial charge in [0, 0.05) is 16.7 Å². The first-order valence-electron chi connectivity index (χ1n) is 13.5. The van der Waals surface area contributed by atoms with Gasteiger partial charge in [-0.3, -0.25) is 14.4 Å². The molecule has 1 aliphatic carbocycles. The second-order valence-corrected chi connectivity index (χ2v) is 10.5. The SMILES string of the molecule is COc1cc(C)c(C(=O)Oc2cc(C)c(O)c(C(=O)O)c2C)c(O)c1C=O.Cc1cc(O)c2c(c1)C(=O)c1cccc(O)c1C2=O. The molecule has 0 aliphatic heterocycles. The summed E-state index contributed by atoms with van der Waals surface area (Å²) in [5, 5.41) is 49.1. The number of carboxylic acid groups (broad SMARTS) is 1. The summed E-state index contributed by atoms with van der Waals surface area (Å²) in [4.78, 5) is 59.9. The number of phenols is 4. The van der Waals surface area contributed by atoms with E-state index in [-0.39, 0.29) is 78.9 Å². The molecule has 5 N–H and O–H groups in total. The molecule has 0 bridgehead atoms. The van der Waals surface area contributed by atoms with Gasteiger partial charge in [0.05, 0.1) is 23.8 Å². The summed E-state index contributed by atoms with van der Waals surface area (Å²) in [5.41, 5.74) is 0.659. The average Bonchev–Trinajstić information content (AvgIpc) is 2.98. The van der Waals surface area contributed by atoms with Crippen LogP contribution in [0.15, 0.2) is 42.5 Å². The van der Waals surface area contributed by atoms with Gasteiger partial charge in [-0.2, -0.15) is 0 Å². The van der Waals surface area contributed by atoms with E-state index < -0.39 is 29.2 Å². The molecule has 12 heteroatoms. The van der Waals surface area contributed by atoms with Crippen LogP contribution in [0.5, 0.6) is 34.5 Å². The number of hydrogen-bond acceptors (Lipinski definition) is 11. The van der Waals surface area contributed by atoms with E-state index in [1.54, 1.807) is 13.0 Å². The van der Waals surface area contributed by atoms with Gasteiger partial charge in [-0.1, -0.05) is 12.1 Å². The van der Waals surface area contributed by atoms with Crippen LogP contribution in [0, 0.1) is 27.7 Å². The molecule has 0 amide bonds. The number of aryl methyl sites for hydroxylation is 3. The van der Waals surface area contributed by atoms with E-state index in [0.29, 0.717) is 17.4 Å². The molecule has 4 aromatic rings. The third kappa shape index (κ3) is 5.59. The number of hydrogen-bond donors (Lipinski definition) is 5. The van der Waals surface area contributed by atoms with Gasteiger partial charge in [0.15, 0.2) is 12.1 Å². The number of ether oxygens (including phenoxy) is 2. The Bertz CT molecular complexity index is 1990. The molecule has 46 heavy (non-hydrogen) atoms. The van der Waals surface area contributed by atoms with E-state index >= 15 is 0 Å². The summed E-state index contributed by atoms with van der Waals surface area (Å²) < 4.78 is 10.3. The first kappa shape index (κ1) is 32.7. The highest BCUT2D eigenvalue weighted by Crippen LogP contribution is 2.38. The summed E-state index contributed by atoms with van der Waals surface area (Å²) in [6.07, 6.45) is 0.350. The Morgan fingerprint density at radius 1 is 0.739 bits per heavy atom. The summed E-state index contributed by atoms with van der Waals surface area (Å²) >= 11 is 0. The predicted octanol–water partition coefficient (Wildman–Crippen LogP) is 4.94. The minimum absolute atomic E-state index is 0.0374. The minimum atomic E-state index is -1.38. The molecule has 12 nitrogen and oxygen atoms in total. The second-order valence-electron chi connectivity index (χ2n) is 10.5. The van der Waals surface area contributed by atoms with E-state index in [1.165, 1.54) is 64.3 Å². The zero-order valence-electron chi connectivity index (χ0n) is 25.2. The van der Waals surface area contributed by atoms with Crippen LogP contribution in [0.25, 0.3) is 0 Å². The number of methoxy groups -OCH3 is 1. The van der Waals surface area contributed by atoms with Gasteiger partial charge in [-0.05, 0) is 74.7 Å². The number of fused-ring (bicyclic) bond motifs is 2. The molecule has 0 spiro atoms. The molecule has 0 radical (unpaired) electrons. The molecule has 0 unspecified atom stereocenters. The molecule has 1 aliphatic rings. The molecule has 5 rings (SSSR count). The molecule has 0 saturated carbocycles. The zero-order valence-corrected chi connectivity index (χ0v) is 25.2. The number of carbonyl (C=O) groups is 5. The lowest BCUT2D eigenvalue weighted by Crippen LogP contribution is -2.21. The number of ketones is 2. The normalized spacial score (nSPS) is 11.5. The lowest BCUT2D eigenvalue weighted by Gasteiger charge is -2.19. The molecule has 0 saturated heterocycles. The van der Waals surface area contributed by atoms with Crippen molar-refractivity contribution in [1.29, 1.82) is 0 Å². The molecular weight excluding hydrogens is 600 g/mol. The monoisotopic (exact) mass is 628 g/mol. The molecule has 0 aromatic heterocycles. The lowest BCUT2D eigenvalue weighted by molar-refractivity contribution is 0.0681. The van der Waals surface area contributed by atoms with Gasteiger partial charge in [0.1, 0.15) is 45.6 Å². The Balaban J connectivity index is 0.000000221. The van der Waals surface area contributed by atoms with Crippen LogP contribution >= 0.6 is 0 Å². The third-order valence-corrected chi connectivity index (χ3v) is 7.41. The average molecular weight is 629 g/mol. The fourth-order valence-corrected chi connectivity index (χ4v) is 5.14. The molecule has 236 valence electrons. The van der Waals surface area contributed by atoms with Crippen LogP contribution in [-0.2, 0) is 0 Å². The van der Waals surface area contributed by atoms with Crippen LogP contribution in [0.3, 0.4) is 0 Å². The summed E-state index contributed by atoms with van der Waals surface area (Å²) in [5.74, 6) is -4.75. The number of aromatic hydroxyl groups is 4. The van der Waals surface area contributed by atoms with Gasteiger partial charge >= 0.3 is 11.9 Å². The van der Waals surface area contributed by atoms with Crippen molar-refractivity contribution in [3.8, 4) is 34.5 Å². The Kier molecular flexibility index (Phi) is 8.85. The summed E-state index contributed by atoms with van der Waals surface area (Å²) in [7, 11) is 1.31. The zero-order chi connectivity index (χ0) is 34.2. The molecule has 0 heterocycles. The third-order valence-electron chi connectivity index (χ3n) is 7.41. The number of carbonyl (C=O) groups excluding carboxylic acids is 4. The maximum atomic E-state index is 12.6. The standard InChI is InChI=1S/C19H18O8.C15H10O4/c1-8-5-13(26-4)11(7-20)17(22)14(8)19(25)27-12-6-9(2)16(21)15(10(12)3)18(23)24;1-7-5-9-13(11(17)6-7)15(19)12-8(14(9)18)3-2-4-10(12)16/h5-7,21-22H,1-4H3,(H,23,24);2-6,16-17H,1H3. The maximum Gasteiger partial charge on any atom is 0.347 e. The smallest absolute Gasteiger partial charge is 0.347 e. The van der Waals surface area contributed by atoms with E-state index in [1.807, 2.05) is 0 Å². The van der Waals surface area contributed by atoms with Crippen LogP contribution in [-0.4, -0.2) is 62.4 Å². The van der Waals surface area contributed by atoms with Crippen molar-refractivity contribution in [2.75, 3.05) is 7.11 Å². The lowest BCUT2D eigenvalue weighted by atomic mass is 9.82. The highest BCUT2D eigenvalue weighted by atomic mass is 16.5. The first-order chi connectivity index (χ1) is 21.6. The number of carboxylic acids is 1. The maximum absolute atomic E-state index is 12.6. The largest absolute Gasteiger partial charge is 0.507 e. The number of rotatable bonds is 5. The van der Waals surface area contributed by atoms with Crippen molar-refractivity contribution in [3.63, 3.8) is 0 Å². The minimum Gasteiger partial charge on any atom is -0.507 e. The summed E-state index contributed by atoms with van der Waals surface area (Å²) in [6.45, 7) is 6.09. The van der Waals surface area contributed by atoms with Gasteiger partial charge in [0.2, 0.25) is 5.78 Å². The Labute approximate surface area is 261 Å². The first-order valence-corrected chi connectivity index (χ1v) is 13.5. The van der Waals surface area contributed by atoms with E-state index in [0.717, 1.165) is 0 Å². The van der Waals surface area contributed by atoms with Crippen LogP contribution in [0.4, 0.5) is 0 Å². The Hall–Kier alpha value is -6.17. The fourth-order valence-electron chi connectivity index (χ4n) is 5.14.